The largest absolute Gasteiger partial charge is 0.280 e. The van der Waals surface area contributed by atoms with Gasteiger partial charge in [-0.3, -0.25) is 14.8 Å². The number of anilines is 1. The Kier molecular flexibility index (Phi) is 3.65. The number of aryl methyl sites for hydroxylation is 2. The number of sulfonamides is 1. The number of hydrogen-bond donors (Lipinski definition) is 2. The summed E-state index contributed by atoms with van der Waals surface area (Å²) in [6.45, 7) is 3.51. The van der Waals surface area contributed by atoms with Gasteiger partial charge in [0.2, 0.25) is 0 Å². The molecule has 0 bridgehead atoms. The van der Waals surface area contributed by atoms with Crippen LogP contribution in [0, 0.1) is 13.8 Å². The van der Waals surface area contributed by atoms with Crippen molar-refractivity contribution in [1.82, 2.24) is 15.2 Å². The van der Waals surface area contributed by atoms with Crippen molar-refractivity contribution < 1.29 is 8.42 Å². The summed E-state index contributed by atoms with van der Waals surface area (Å²) in [6, 6.07) is 5.08. The van der Waals surface area contributed by atoms with E-state index in [1.165, 1.54) is 0 Å². The lowest BCUT2D eigenvalue weighted by Gasteiger charge is -2.11. The molecule has 0 aliphatic carbocycles. The van der Waals surface area contributed by atoms with Gasteiger partial charge in [-0.1, -0.05) is 12.1 Å². The van der Waals surface area contributed by atoms with Crippen molar-refractivity contribution in [2.45, 2.75) is 18.7 Å². The Hall–Kier alpha value is -1.93. The van der Waals surface area contributed by atoms with Crippen LogP contribution < -0.4 is 4.72 Å². The molecule has 0 saturated carbocycles. The maximum Gasteiger partial charge on any atom is 0.262 e. The number of fused-ring (bicyclic) bond motifs is 1. The van der Waals surface area contributed by atoms with E-state index < -0.39 is 10.0 Å². The number of pyridine rings is 1. The molecular formula is C14H13BrN4O2S. The van der Waals surface area contributed by atoms with Gasteiger partial charge in [0.05, 0.1) is 22.0 Å². The minimum absolute atomic E-state index is 0.194. The highest BCUT2D eigenvalue weighted by Gasteiger charge is 2.21. The van der Waals surface area contributed by atoms with Crippen LogP contribution in [0.5, 0.6) is 0 Å². The van der Waals surface area contributed by atoms with Gasteiger partial charge < -0.3 is 0 Å². The van der Waals surface area contributed by atoms with Gasteiger partial charge in [0.25, 0.3) is 10.0 Å². The second-order valence-corrected chi connectivity index (χ2v) is 7.40. The zero-order valence-corrected chi connectivity index (χ0v) is 14.3. The number of benzene rings is 1. The molecule has 22 heavy (non-hydrogen) atoms. The number of halogens is 1. The third-order valence-corrected chi connectivity index (χ3v) is 5.35. The monoisotopic (exact) mass is 380 g/mol. The Morgan fingerprint density at radius 2 is 2.00 bits per heavy atom. The number of nitrogens with one attached hydrogen (secondary N) is 2. The molecule has 3 aromatic rings. The molecule has 0 radical (unpaired) electrons. The number of hydrogen-bond acceptors (Lipinski definition) is 4. The minimum atomic E-state index is -3.75. The van der Waals surface area contributed by atoms with E-state index in [1.54, 1.807) is 38.4 Å². The van der Waals surface area contributed by atoms with Gasteiger partial charge >= 0.3 is 0 Å². The molecule has 3 rings (SSSR count). The maximum absolute atomic E-state index is 12.8. The fraction of sp³-hybridized carbons (Fsp3) is 0.143. The van der Waals surface area contributed by atoms with Crippen LogP contribution in [0.4, 0.5) is 5.69 Å². The first-order valence-electron chi connectivity index (χ1n) is 6.47. The molecule has 0 amide bonds. The summed E-state index contributed by atoms with van der Waals surface area (Å²) in [5.74, 6) is 0. The summed E-state index contributed by atoms with van der Waals surface area (Å²) >= 11 is 3.37. The second-order valence-electron chi connectivity index (χ2n) is 4.89. The third kappa shape index (κ3) is 2.48. The molecule has 0 fully saturated rings. The van der Waals surface area contributed by atoms with Crippen molar-refractivity contribution in [3.05, 3.63) is 46.5 Å². The van der Waals surface area contributed by atoms with E-state index in [-0.39, 0.29) is 4.90 Å². The van der Waals surface area contributed by atoms with E-state index >= 15 is 0 Å². The van der Waals surface area contributed by atoms with Crippen LogP contribution in [-0.2, 0) is 10.0 Å². The molecule has 0 aliphatic heterocycles. The van der Waals surface area contributed by atoms with E-state index in [1.807, 2.05) is 6.07 Å². The Morgan fingerprint density at radius 1 is 1.23 bits per heavy atom. The molecule has 0 unspecified atom stereocenters. The summed E-state index contributed by atoms with van der Waals surface area (Å²) in [7, 11) is -3.75. The van der Waals surface area contributed by atoms with E-state index in [9.17, 15) is 8.42 Å². The van der Waals surface area contributed by atoms with Gasteiger partial charge in [-0.15, -0.1) is 0 Å². The average Bonchev–Trinajstić information content (AvgIpc) is 2.78. The number of H-pyrrole nitrogens is 1. The molecule has 0 saturated heterocycles. The molecule has 6 nitrogen and oxygen atoms in total. The molecule has 2 aromatic heterocycles. The normalized spacial score (nSPS) is 11.8. The van der Waals surface area contributed by atoms with Crippen molar-refractivity contribution in [2.75, 3.05) is 4.72 Å². The van der Waals surface area contributed by atoms with Gasteiger partial charge in [-0.2, -0.15) is 5.10 Å². The molecule has 0 spiro atoms. The Labute approximate surface area is 136 Å². The lowest BCUT2D eigenvalue weighted by atomic mass is 10.2. The lowest BCUT2D eigenvalue weighted by Crippen LogP contribution is -2.14. The number of aromatic nitrogens is 3. The molecular weight excluding hydrogens is 368 g/mol. The van der Waals surface area contributed by atoms with Crippen LogP contribution in [0.15, 0.2) is 40.0 Å². The zero-order valence-electron chi connectivity index (χ0n) is 11.9. The smallest absolute Gasteiger partial charge is 0.262 e. The molecule has 114 valence electrons. The Balaban J connectivity index is 2.18. The standard InChI is InChI=1S/C14H13BrN4O2S/c1-8-14(9(2)18-17-8)19-22(20,21)12-5-3-4-10-6-16-7-11(15)13(10)12/h3-7,19H,1-2H3,(H,17,18). The van der Waals surface area contributed by atoms with E-state index in [0.29, 0.717) is 26.9 Å². The van der Waals surface area contributed by atoms with Crippen LogP contribution in [0.25, 0.3) is 10.8 Å². The second kappa shape index (κ2) is 5.36. The number of aromatic amines is 1. The lowest BCUT2D eigenvalue weighted by molar-refractivity contribution is 0.602. The third-order valence-electron chi connectivity index (χ3n) is 3.35. The van der Waals surface area contributed by atoms with Crippen LogP contribution in [0.3, 0.4) is 0 Å². The fourth-order valence-corrected chi connectivity index (χ4v) is 4.40. The van der Waals surface area contributed by atoms with Crippen molar-refractivity contribution in [3.63, 3.8) is 0 Å². The van der Waals surface area contributed by atoms with Crippen LogP contribution in [0.2, 0.25) is 0 Å². The SMILES string of the molecule is Cc1n[nH]c(C)c1NS(=O)(=O)c1cccc2cncc(Br)c12. The van der Waals surface area contributed by atoms with Crippen LogP contribution >= 0.6 is 15.9 Å². The first kappa shape index (κ1) is 15.0. The van der Waals surface area contributed by atoms with Crippen molar-refractivity contribution in [2.24, 2.45) is 0 Å². The summed E-state index contributed by atoms with van der Waals surface area (Å²) < 4.78 is 28.8. The van der Waals surface area contributed by atoms with E-state index in [4.69, 9.17) is 0 Å². The number of rotatable bonds is 3. The van der Waals surface area contributed by atoms with Gasteiger partial charge in [0.1, 0.15) is 0 Å². The van der Waals surface area contributed by atoms with E-state index in [0.717, 1.165) is 5.39 Å². The summed E-state index contributed by atoms with van der Waals surface area (Å²) in [6.07, 6.45) is 3.21. The molecule has 0 aliphatic rings. The zero-order chi connectivity index (χ0) is 15.9. The quantitative estimate of drug-likeness (QED) is 0.730. The van der Waals surface area contributed by atoms with E-state index in [2.05, 4.69) is 35.8 Å². The summed E-state index contributed by atoms with van der Waals surface area (Å²) in [5, 5.41) is 8.11. The highest BCUT2D eigenvalue weighted by molar-refractivity contribution is 9.10. The molecule has 1 aromatic carbocycles. The van der Waals surface area contributed by atoms with Crippen molar-refractivity contribution >= 4 is 42.4 Å². The molecule has 0 atom stereocenters. The molecule has 2 heterocycles. The van der Waals surface area contributed by atoms with Gasteiger partial charge in [-0.25, -0.2) is 8.42 Å². The van der Waals surface area contributed by atoms with Crippen molar-refractivity contribution in [3.8, 4) is 0 Å². The number of nitrogens with zero attached hydrogens (tertiary/aromatic N) is 2. The maximum atomic E-state index is 12.8. The van der Waals surface area contributed by atoms with Crippen LogP contribution in [-0.4, -0.2) is 23.6 Å². The van der Waals surface area contributed by atoms with Crippen LogP contribution in [0.1, 0.15) is 11.4 Å². The molecule has 8 heteroatoms. The van der Waals surface area contributed by atoms with Gasteiger partial charge in [0, 0.05) is 27.6 Å². The topological polar surface area (TPSA) is 87.7 Å². The summed E-state index contributed by atoms with van der Waals surface area (Å²) in [5.41, 5.74) is 1.74. The predicted molar refractivity (Wildman–Crippen MR) is 88.3 cm³/mol. The van der Waals surface area contributed by atoms with Gasteiger partial charge in [0.15, 0.2) is 0 Å². The first-order valence-corrected chi connectivity index (χ1v) is 8.74. The fourth-order valence-electron chi connectivity index (χ4n) is 2.27. The first-order chi connectivity index (χ1) is 10.4. The highest BCUT2D eigenvalue weighted by atomic mass is 79.9. The minimum Gasteiger partial charge on any atom is -0.280 e. The Bertz CT molecular complexity index is 941. The average molecular weight is 381 g/mol. The predicted octanol–water partition coefficient (Wildman–Crippen LogP) is 3.14. The van der Waals surface area contributed by atoms with Crippen molar-refractivity contribution in [1.29, 1.82) is 0 Å². The Morgan fingerprint density at radius 3 is 2.68 bits per heavy atom. The van der Waals surface area contributed by atoms with Gasteiger partial charge in [-0.05, 0) is 35.8 Å². The highest BCUT2D eigenvalue weighted by Crippen LogP contribution is 2.31. The summed E-state index contributed by atoms with van der Waals surface area (Å²) in [4.78, 5) is 4.26. The molecule has 2 N–H and O–H groups in total.